The molecule has 4 nitrogen and oxygen atoms in total. The molecule has 4 atom stereocenters. The first-order valence-corrected chi connectivity index (χ1v) is 11.8. The van der Waals surface area contributed by atoms with E-state index in [4.69, 9.17) is 0 Å². The Morgan fingerprint density at radius 3 is 1.68 bits per heavy atom. The van der Waals surface area contributed by atoms with Crippen molar-refractivity contribution in [2.75, 3.05) is 4.90 Å². The van der Waals surface area contributed by atoms with Crippen LogP contribution in [0.15, 0.2) is 91.0 Å². The van der Waals surface area contributed by atoms with Crippen LogP contribution in [-0.4, -0.2) is 17.6 Å². The predicted octanol–water partition coefficient (Wildman–Crippen LogP) is 5.40. The van der Waals surface area contributed by atoms with Gasteiger partial charge in [0.2, 0.25) is 11.8 Å². The lowest BCUT2D eigenvalue weighted by atomic mass is 9.62. The summed E-state index contributed by atoms with van der Waals surface area (Å²) < 4.78 is 0. The summed E-state index contributed by atoms with van der Waals surface area (Å²) in [4.78, 5) is 43.7. The fraction of sp³-hybridized carbons (Fsp3) is 0.233. The van der Waals surface area contributed by atoms with Crippen molar-refractivity contribution in [1.82, 2.24) is 0 Å². The number of carbonyl (C=O) groups excluding carboxylic acids is 3. The third kappa shape index (κ3) is 2.30. The standard InChI is InChI=1S/C30H25NO3/c1-3-30-23(20-15-9-5-10-16-20)22(19-13-7-4-8-14-19)29(2,28(30)34)24-25(30)27(33)31(26(24)32)21-17-11-6-12-18-21/h4-18,24-25H,3H2,1-2H3/t24-,25+,29-,30+/m0/s1. The summed E-state index contributed by atoms with van der Waals surface area (Å²) >= 11 is 0. The molecular weight excluding hydrogens is 422 g/mol. The molecule has 2 fully saturated rings. The van der Waals surface area contributed by atoms with Gasteiger partial charge in [-0.25, -0.2) is 4.90 Å². The number of amides is 2. The van der Waals surface area contributed by atoms with Crippen LogP contribution in [0.3, 0.4) is 0 Å². The maximum atomic E-state index is 14.4. The molecule has 0 radical (unpaired) electrons. The highest BCUT2D eigenvalue weighted by Gasteiger charge is 2.79. The van der Waals surface area contributed by atoms with Gasteiger partial charge >= 0.3 is 0 Å². The molecule has 1 aliphatic heterocycles. The van der Waals surface area contributed by atoms with Gasteiger partial charge in [-0.15, -0.1) is 0 Å². The number of carbonyl (C=O) groups is 3. The van der Waals surface area contributed by atoms with Gasteiger partial charge in [-0.3, -0.25) is 14.4 Å². The zero-order valence-corrected chi connectivity index (χ0v) is 19.2. The smallest absolute Gasteiger partial charge is 0.239 e. The molecule has 4 heteroatoms. The van der Waals surface area contributed by atoms with Crippen molar-refractivity contribution in [2.45, 2.75) is 20.3 Å². The van der Waals surface area contributed by atoms with Crippen LogP contribution in [0.4, 0.5) is 5.69 Å². The van der Waals surface area contributed by atoms with Gasteiger partial charge in [0.25, 0.3) is 0 Å². The lowest BCUT2D eigenvalue weighted by Gasteiger charge is -2.37. The number of hydrogen-bond acceptors (Lipinski definition) is 3. The normalized spacial score (nSPS) is 29.8. The second kappa shape index (κ2) is 7.10. The number of imide groups is 1. The van der Waals surface area contributed by atoms with Crippen molar-refractivity contribution in [3.05, 3.63) is 102 Å². The average molecular weight is 448 g/mol. The highest BCUT2D eigenvalue weighted by atomic mass is 16.2. The van der Waals surface area contributed by atoms with E-state index in [1.165, 1.54) is 4.90 Å². The summed E-state index contributed by atoms with van der Waals surface area (Å²) in [6.45, 7) is 3.86. The van der Waals surface area contributed by atoms with Gasteiger partial charge in [-0.05, 0) is 47.8 Å². The molecule has 0 N–H and O–H groups in total. The van der Waals surface area contributed by atoms with Gasteiger partial charge in [0.05, 0.1) is 28.4 Å². The van der Waals surface area contributed by atoms with E-state index in [0.29, 0.717) is 12.1 Å². The highest BCUT2D eigenvalue weighted by molar-refractivity contribution is 6.34. The number of anilines is 1. The van der Waals surface area contributed by atoms with Crippen LogP contribution in [0, 0.1) is 22.7 Å². The molecule has 1 heterocycles. The molecular formula is C30H25NO3. The minimum Gasteiger partial charge on any atom is -0.298 e. The lowest BCUT2D eigenvalue weighted by Crippen LogP contribution is -2.41. The van der Waals surface area contributed by atoms with Gasteiger partial charge in [0, 0.05) is 0 Å². The Kier molecular flexibility index (Phi) is 4.34. The van der Waals surface area contributed by atoms with Crippen LogP contribution < -0.4 is 4.90 Å². The number of ketones is 1. The highest BCUT2D eigenvalue weighted by Crippen LogP contribution is 2.74. The SMILES string of the molecule is CC[C@@]12C(=O)[C@@](C)(C(c3ccccc3)=C1c1ccccc1)[C@@H]1C(=O)N(c3ccccc3)C(=O)[C@@H]12. The van der Waals surface area contributed by atoms with Crippen molar-refractivity contribution in [3.8, 4) is 0 Å². The number of para-hydroxylation sites is 1. The van der Waals surface area contributed by atoms with Gasteiger partial charge in [-0.1, -0.05) is 85.8 Å². The Bertz CT molecular complexity index is 1360. The molecule has 1 saturated heterocycles. The largest absolute Gasteiger partial charge is 0.298 e. The van der Waals surface area contributed by atoms with E-state index in [1.54, 1.807) is 12.1 Å². The summed E-state index contributed by atoms with van der Waals surface area (Å²) in [6.07, 6.45) is 0.463. The monoisotopic (exact) mass is 447 g/mol. The Labute approximate surface area is 198 Å². The summed E-state index contributed by atoms with van der Waals surface area (Å²) in [5, 5.41) is 0. The minimum absolute atomic E-state index is 0.00428. The molecule has 2 amide bonds. The molecule has 34 heavy (non-hydrogen) atoms. The van der Waals surface area contributed by atoms with Crippen LogP contribution in [0.25, 0.3) is 11.1 Å². The quantitative estimate of drug-likeness (QED) is 0.503. The number of rotatable bonds is 4. The molecule has 3 aliphatic rings. The molecule has 0 unspecified atom stereocenters. The molecule has 3 aromatic carbocycles. The second-order valence-electron chi connectivity index (χ2n) is 9.64. The fourth-order valence-electron chi connectivity index (χ4n) is 6.96. The fourth-order valence-corrected chi connectivity index (χ4v) is 6.96. The van der Waals surface area contributed by atoms with E-state index in [0.717, 1.165) is 22.3 Å². The third-order valence-electron chi connectivity index (χ3n) is 8.25. The Balaban J connectivity index is 1.67. The Morgan fingerprint density at radius 2 is 1.15 bits per heavy atom. The molecule has 3 aromatic rings. The van der Waals surface area contributed by atoms with E-state index in [-0.39, 0.29) is 17.6 Å². The molecule has 0 spiro atoms. The molecule has 1 saturated carbocycles. The molecule has 0 aromatic heterocycles. The van der Waals surface area contributed by atoms with Gasteiger partial charge in [0.1, 0.15) is 0 Å². The van der Waals surface area contributed by atoms with Crippen molar-refractivity contribution in [3.63, 3.8) is 0 Å². The van der Waals surface area contributed by atoms with Crippen LogP contribution in [0.5, 0.6) is 0 Å². The van der Waals surface area contributed by atoms with Crippen molar-refractivity contribution >= 4 is 34.4 Å². The first-order valence-electron chi connectivity index (χ1n) is 11.8. The number of allylic oxidation sites excluding steroid dienone is 2. The molecule has 6 rings (SSSR count). The Morgan fingerprint density at radius 1 is 0.676 bits per heavy atom. The number of fused-ring (bicyclic) bond motifs is 5. The first-order chi connectivity index (χ1) is 16.5. The van der Waals surface area contributed by atoms with Crippen LogP contribution in [0.2, 0.25) is 0 Å². The number of benzene rings is 3. The van der Waals surface area contributed by atoms with E-state index < -0.39 is 22.7 Å². The molecule has 168 valence electrons. The zero-order valence-electron chi connectivity index (χ0n) is 19.2. The third-order valence-corrected chi connectivity index (χ3v) is 8.25. The van der Waals surface area contributed by atoms with Crippen molar-refractivity contribution < 1.29 is 14.4 Å². The number of hydrogen-bond donors (Lipinski definition) is 0. The minimum atomic E-state index is -1.08. The van der Waals surface area contributed by atoms with Crippen LogP contribution >= 0.6 is 0 Å². The second-order valence-corrected chi connectivity index (χ2v) is 9.64. The lowest BCUT2D eigenvalue weighted by molar-refractivity contribution is -0.134. The van der Waals surface area contributed by atoms with E-state index in [9.17, 15) is 14.4 Å². The number of Topliss-reactive ketones (excluding diaryl/α,β-unsaturated/α-hetero) is 1. The molecule has 2 aliphatic carbocycles. The van der Waals surface area contributed by atoms with Gasteiger partial charge in [0.15, 0.2) is 5.78 Å². The predicted molar refractivity (Wildman–Crippen MR) is 131 cm³/mol. The number of nitrogens with zero attached hydrogens (tertiary/aromatic N) is 1. The Hall–Kier alpha value is -3.79. The zero-order chi connectivity index (χ0) is 23.7. The van der Waals surface area contributed by atoms with Crippen LogP contribution in [0.1, 0.15) is 31.4 Å². The summed E-state index contributed by atoms with van der Waals surface area (Å²) in [6, 6.07) is 28.8. The van der Waals surface area contributed by atoms with E-state index >= 15 is 0 Å². The van der Waals surface area contributed by atoms with Gasteiger partial charge in [-0.2, -0.15) is 0 Å². The van der Waals surface area contributed by atoms with E-state index in [2.05, 4.69) is 0 Å². The maximum absolute atomic E-state index is 14.4. The molecule has 2 bridgehead atoms. The topological polar surface area (TPSA) is 54.5 Å². The summed E-state index contributed by atoms with van der Waals surface area (Å²) in [5.74, 6) is -1.95. The van der Waals surface area contributed by atoms with Crippen molar-refractivity contribution in [1.29, 1.82) is 0 Å². The van der Waals surface area contributed by atoms with Crippen LogP contribution in [-0.2, 0) is 14.4 Å². The summed E-state index contributed by atoms with van der Waals surface area (Å²) in [7, 11) is 0. The van der Waals surface area contributed by atoms with Gasteiger partial charge < -0.3 is 0 Å². The first kappa shape index (κ1) is 20.8. The van der Waals surface area contributed by atoms with Crippen molar-refractivity contribution in [2.24, 2.45) is 22.7 Å². The maximum Gasteiger partial charge on any atom is 0.239 e. The van der Waals surface area contributed by atoms with E-state index in [1.807, 2.05) is 92.7 Å². The average Bonchev–Trinajstić information content (AvgIpc) is 3.35. The summed E-state index contributed by atoms with van der Waals surface area (Å²) in [5.41, 5.74) is 2.12.